The Morgan fingerprint density at radius 2 is 2.40 bits per heavy atom. The first-order valence-corrected chi connectivity index (χ1v) is 4.96. The van der Waals surface area contributed by atoms with Crippen LogP contribution in [-0.4, -0.2) is 44.7 Å². The predicted molar refractivity (Wildman–Crippen MR) is 53.8 cm³/mol. The second-order valence-electron chi connectivity index (χ2n) is 2.62. The maximum atomic E-state index is 11.5. The number of carbonyl (C=O) groups excluding carboxylic acids is 1. The van der Waals surface area contributed by atoms with Crippen LogP contribution in [0.5, 0.6) is 0 Å². The Morgan fingerprint density at radius 3 is 2.87 bits per heavy atom. The molecule has 0 unspecified atom stereocenters. The fourth-order valence-electron chi connectivity index (χ4n) is 0.897. The lowest BCUT2D eigenvalue weighted by Crippen LogP contribution is -2.38. The highest BCUT2D eigenvalue weighted by Crippen LogP contribution is 2.09. The standard InChI is InChI=1S/C7H10N4O3S/c1-2-11(4-6(12)13)7(14)9-5-3-8-10-15-5/h3H,2,4H2,1H3,(H,9,14)(H,12,13). The van der Waals surface area contributed by atoms with Crippen LogP contribution in [0.4, 0.5) is 9.80 Å². The zero-order valence-electron chi connectivity index (χ0n) is 8.01. The van der Waals surface area contributed by atoms with Crippen molar-refractivity contribution < 1.29 is 14.7 Å². The van der Waals surface area contributed by atoms with Gasteiger partial charge >= 0.3 is 12.0 Å². The number of likely N-dealkylation sites (N-methyl/N-ethyl adjacent to an activating group) is 1. The Hall–Kier alpha value is -1.70. The first-order valence-electron chi connectivity index (χ1n) is 4.18. The molecule has 0 atom stereocenters. The molecule has 8 heteroatoms. The zero-order valence-corrected chi connectivity index (χ0v) is 8.82. The molecular weight excluding hydrogens is 220 g/mol. The number of carbonyl (C=O) groups is 2. The fourth-order valence-corrected chi connectivity index (χ4v) is 1.31. The molecule has 0 spiro atoms. The molecule has 0 aliphatic carbocycles. The summed E-state index contributed by atoms with van der Waals surface area (Å²) in [5, 5.41) is 15.1. The van der Waals surface area contributed by atoms with Gasteiger partial charge in [0.05, 0.1) is 6.20 Å². The van der Waals surface area contributed by atoms with Gasteiger partial charge in [-0.3, -0.25) is 10.1 Å². The van der Waals surface area contributed by atoms with Crippen molar-refractivity contribution in [3.05, 3.63) is 6.20 Å². The van der Waals surface area contributed by atoms with E-state index in [1.54, 1.807) is 6.92 Å². The van der Waals surface area contributed by atoms with Crippen molar-refractivity contribution in [2.24, 2.45) is 0 Å². The molecule has 0 saturated carbocycles. The van der Waals surface area contributed by atoms with E-state index in [9.17, 15) is 9.59 Å². The van der Waals surface area contributed by atoms with E-state index >= 15 is 0 Å². The molecule has 0 bridgehead atoms. The number of carboxylic acids is 1. The molecular formula is C7H10N4O3S. The van der Waals surface area contributed by atoms with E-state index in [4.69, 9.17) is 5.11 Å². The van der Waals surface area contributed by atoms with Gasteiger partial charge in [-0.05, 0) is 6.92 Å². The van der Waals surface area contributed by atoms with E-state index < -0.39 is 12.0 Å². The highest BCUT2D eigenvalue weighted by molar-refractivity contribution is 7.10. The summed E-state index contributed by atoms with van der Waals surface area (Å²) in [6.45, 7) is 1.70. The van der Waals surface area contributed by atoms with Crippen molar-refractivity contribution in [1.82, 2.24) is 14.5 Å². The number of rotatable bonds is 4. The molecule has 1 aromatic heterocycles. The first-order chi connectivity index (χ1) is 7.13. The average Bonchev–Trinajstić information content (AvgIpc) is 2.66. The Morgan fingerprint density at radius 1 is 1.67 bits per heavy atom. The first kappa shape index (κ1) is 11.4. The second kappa shape index (κ2) is 5.25. The van der Waals surface area contributed by atoms with Crippen LogP contribution in [0, 0.1) is 0 Å². The minimum Gasteiger partial charge on any atom is -0.480 e. The van der Waals surface area contributed by atoms with Crippen LogP contribution in [0.1, 0.15) is 6.92 Å². The SMILES string of the molecule is CCN(CC(=O)O)C(=O)Nc1cnns1. The number of hydrogen-bond acceptors (Lipinski definition) is 5. The van der Waals surface area contributed by atoms with Crippen LogP contribution >= 0.6 is 11.5 Å². The van der Waals surface area contributed by atoms with Crippen molar-refractivity contribution in [1.29, 1.82) is 0 Å². The topological polar surface area (TPSA) is 95.4 Å². The van der Waals surface area contributed by atoms with Crippen LogP contribution in [0.3, 0.4) is 0 Å². The van der Waals surface area contributed by atoms with Crippen molar-refractivity contribution in [2.75, 3.05) is 18.4 Å². The highest BCUT2D eigenvalue weighted by Gasteiger charge is 2.15. The summed E-state index contributed by atoms with van der Waals surface area (Å²) in [4.78, 5) is 23.1. The largest absolute Gasteiger partial charge is 0.480 e. The summed E-state index contributed by atoms with van der Waals surface area (Å²) in [5.74, 6) is -1.05. The number of nitrogens with zero attached hydrogens (tertiary/aromatic N) is 3. The van der Waals surface area contributed by atoms with E-state index in [-0.39, 0.29) is 6.54 Å². The minimum absolute atomic E-state index is 0.324. The van der Waals surface area contributed by atoms with Crippen LogP contribution in [0.25, 0.3) is 0 Å². The molecule has 0 aliphatic rings. The van der Waals surface area contributed by atoms with Crippen molar-refractivity contribution in [2.45, 2.75) is 6.92 Å². The Balaban J connectivity index is 2.54. The monoisotopic (exact) mass is 230 g/mol. The van der Waals surface area contributed by atoms with Gasteiger partial charge in [0.1, 0.15) is 11.5 Å². The number of carboxylic acid groups (broad SMARTS) is 1. The number of aliphatic carboxylic acids is 1. The lowest BCUT2D eigenvalue weighted by Gasteiger charge is -2.17. The summed E-state index contributed by atoms with van der Waals surface area (Å²) in [7, 11) is 0. The second-order valence-corrected chi connectivity index (χ2v) is 3.41. The molecule has 0 fully saturated rings. The lowest BCUT2D eigenvalue weighted by atomic mass is 10.5. The number of anilines is 1. The van der Waals surface area contributed by atoms with Gasteiger partial charge in [-0.2, -0.15) is 0 Å². The molecule has 82 valence electrons. The number of urea groups is 1. The molecule has 0 radical (unpaired) electrons. The maximum Gasteiger partial charge on any atom is 0.323 e. The number of amides is 2. The van der Waals surface area contributed by atoms with Gasteiger partial charge in [-0.1, -0.05) is 4.49 Å². The Bertz CT molecular complexity index is 340. The fraction of sp³-hybridized carbons (Fsp3) is 0.429. The molecule has 7 nitrogen and oxygen atoms in total. The van der Waals surface area contributed by atoms with Gasteiger partial charge in [-0.25, -0.2) is 4.79 Å². The van der Waals surface area contributed by atoms with Crippen molar-refractivity contribution in [3.8, 4) is 0 Å². The van der Waals surface area contributed by atoms with Gasteiger partial charge in [0.15, 0.2) is 0 Å². The Kier molecular flexibility index (Phi) is 3.98. The van der Waals surface area contributed by atoms with Crippen LogP contribution in [0.15, 0.2) is 6.20 Å². The van der Waals surface area contributed by atoms with E-state index in [2.05, 4.69) is 14.9 Å². The summed E-state index contributed by atoms with van der Waals surface area (Å²) in [6.07, 6.45) is 1.40. The van der Waals surface area contributed by atoms with Crippen LogP contribution < -0.4 is 5.32 Å². The third-order valence-electron chi connectivity index (χ3n) is 1.59. The molecule has 1 heterocycles. The van der Waals surface area contributed by atoms with E-state index in [1.807, 2.05) is 0 Å². The number of aromatic nitrogens is 2. The zero-order chi connectivity index (χ0) is 11.3. The van der Waals surface area contributed by atoms with Crippen LogP contribution in [-0.2, 0) is 4.79 Å². The third kappa shape index (κ3) is 3.50. The molecule has 15 heavy (non-hydrogen) atoms. The smallest absolute Gasteiger partial charge is 0.323 e. The van der Waals surface area contributed by atoms with Gasteiger partial charge in [0, 0.05) is 18.1 Å². The summed E-state index contributed by atoms with van der Waals surface area (Å²) >= 11 is 1.03. The maximum absolute atomic E-state index is 11.5. The van der Waals surface area contributed by atoms with Gasteiger partial charge < -0.3 is 10.0 Å². The van der Waals surface area contributed by atoms with Gasteiger partial charge in [0.25, 0.3) is 0 Å². The molecule has 1 rings (SSSR count). The summed E-state index contributed by atoms with van der Waals surface area (Å²) in [6, 6.07) is -0.467. The third-order valence-corrected chi connectivity index (χ3v) is 2.17. The molecule has 0 aliphatic heterocycles. The van der Waals surface area contributed by atoms with E-state index in [1.165, 1.54) is 11.1 Å². The Labute approximate surface area is 89.9 Å². The van der Waals surface area contributed by atoms with Gasteiger partial charge in [-0.15, -0.1) is 5.10 Å². The quantitative estimate of drug-likeness (QED) is 0.784. The lowest BCUT2D eigenvalue weighted by molar-refractivity contribution is -0.137. The molecule has 0 saturated heterocycles. The minimum atomic E-state index is -1.05. The van der Waals surface area contributed by atoms with E-state index in [0.717, 1.165) is 11.5 Å². The van der Waals surface area contributed by atoms with E-state index in [0.29, 0.717) is 11.5 Å². The van der Waals surface area contributed by atoms with Crippen molar-refractivity contribution >= 4 is 28.5 Å². The summed E-state index contributed by atoms with van der Waals surface area (Å²) in [5.41, 5.74) is 0. The number of nitrogens with one attached hydrogen (secondary N) is 1. The predicted octanol–water partition coefficient (Wildman–Crippen LogP) is 0.476. The molecule has 1 aromatic rings. The van der Waals surface area contributed by atoms with Gasteiger partial charge in [0.2, 0.25) is 0 Å². The average molecular weight is 230 g/mol. The number of hydrogen-bond donors (Lipinski definition) is 2. The normalized spacial score (nSPS) is 9.67. The van der Waals surface area contributed by atoms with Crippen LogP contribution in [0.2, 0.25) is 0 Å². The molecule has 2 N–H and O–H groups in total. The molecule has 0 aromatic carbocycles. The summed E-state index contributed by atoms with van der Waals surface area (Å²) < 4.78 is 3.56. The molecule has 2 amide bonds. The van der Waals surface area contributed by atoms with Crippen molar-refractivity contribution in [3.63, 3.8) is 0 Å². The highest BCUT2D eigenvalue weighted by atomic mass is 32.1.